The summed E-state index contributed by atoms with van der Waals surface area (Å²) in [6, 6.07) is 1.20. The average molecular weight is 287 g/mol. The normalized spacial score (nSPS) is 29.4. The first-order valence-corrected chi connectivity index (χ1v) is 5.65. The van der Waals surface area contributed by atoms with E-state index in [4.69, 9.17) is 14.9 Å². The van der Waals surface area contributed by atoms with Crippen molar-refractivity contribution in [2.24, 2.45) is 0 Å². The lowest BCUT2D eigenvalue weighted by molar-refractivity contribution is -0.0549. The van der Waals surface area contributed by atoms with Crippen molar-refractivity contribution in [3.05, 3.63) is 22.7 Å². The van der Waals surface area contributed by atoms with Crippen LogP contribution in [0.15, 0.2) is 17.1 Å². The van der Waals surface area contributed by atoms with E-state index in [0.717, 1.165) is 4.57 Å². The van der Waals surface area contributed by atoms with Gasteiger partial charge in [0.1, 0.15) is 24.1 Å². The van der Waals surface area contributed by atoms with E-state index in [1.807, 2.05) is 5.32 Å². The van der Waals surface area contributed by atoms with Crippen LogP contribution in [0.2, 0.25) is 0 Å². The van der Waals surface area contributed by atoms with Gasteiger partial charge in [-0.1, -0.05) is 0 Å². The topological polar surface area (TPSA) is 154 Å². The van der Waals surface area contributed by atoms with Gasteiger partial charge in [0.15, 0.2) is 6.23 Å². The fraction of sp³-hybridized carbons (Fsp3) is 0.500. The molecule has 0 radical (unpaired) electrons. The molecule has 1 aliphatic heterocycles. The van der Waals surface area contributed by atoms with Crippen molar-refractivity contribution in [3.8, 4) is 0 Å². The number of nitrogens with zero attached hydrogens (tertiary/aromatic N) is 2. The third-order valence-electron chi connectivity index (χ3n) is 2.86. The van der Waals surface area contributed by atoms with Crippen molar-refractivity contribution in [1.29, 1.82) is 0 Å². The quantitative estimate of drug-likeness (QED) is 0.425. The van der Waals surface area contributed by atoms with Crippen LogP contribution in [-0.4, -0.2) is 61.0 Å². The molecule has 0 aliphatic carbocycles. The summed E-state index contributed by atoms with van der Waals surface area (Å²) in [5, 5.41) is 38.7. The maximum absolute atomic E-state index is 11.7. The van der Waals surface area contributed by atoms with Gasteiger partial charge in [-0.25, -0.2) is 9.59 Å². The molecule has 1 aromatic rings. The summed E-state index contributed by atoms with van der Waals surface area (Å²) in [6.07, 6.45) is -5.18. The molecule has 0 bridgehead atoms. The van der Waals surface area contributed by atoms with Crippen molar-refractivity contribution in [3.63, 3.8) is 0 Å². The van der Waals surface area contributed by atoms with E-state index in [9.17, 15) is 19.8 Å². The van der Waals surface area contributed by atoms with Crippen LogP contribution in [0.1, 0.15) is 6.23 Å². The Kier molecular flexibility index (Phi) is 3.99. The number of carbonyl (C=O) groups is 1. The van der Waals surface area contributed by atoms with Crippen molar-refractivity contribution in [1.82, 2.24) is 9.55 Å². The molecule has 10 heteroatoms. The molecule has 4 atom stereocenters. The second-order valence-corrected chi connectivity index (χ2v) is 4.16. The Balaban J connectivity index is 2.26. The average Bonchev–Trinajstić information content (AvgIpc) is 2.66. The Labute approximate surface area is 111 Å². The molecule has 110 valence electrons. The Bertz CT molecular complexity index is 560. The van der Waals surface area contributed by atoms with Crippen molar-refractivity contribution in [2.45, 2.75) is 24.5 Å². The van der Waals surface area contributed by atoms with Crippen LogP contribution in [0, 0.1) is 0 Å². The highest BCUT2D eigenvalue weighted by Crippen LogP contribution is 2.27. The van der Waals surface area contributed by atoms with Crippen LogP contribution in [0.5, 0.6) is 0 Å². The predicted molar refractivity (Wildman–Crippen MR) is 63.2 cm³/mol. The molecule has 10 nitrogen and oxygen atoms in total. The van der Waals surface area contributed by atoms with Crippen LogP contribution in [0.3, 0.4) is 0 Å². The van der Waals surface area contributed by atoms with Gasteiger partial charge in [-0.2, -0.15) is 4.98 Å². The molecular weight excluding hydrogens is 274 g/mol. The zero-order valence-corrected chi connectivity index (χ0v) is 10.1. The maximum atomic E-state index is 11.7. The number of aliphatic hydroxyl groups excluding tert-OH is 3. The molecule has 2 rings (SSSR count). The number of aliphatic hydroxyl groups is 3. The summed E-state index contributed by atoms with van der Waals surface area (Å²) in [5.74, 6) is -0.175. The van der Waals surface area contributed by atoms with Crippen LogP contribution in [0.25, 0.3) is 0 Å². The summed E-state index contributed by atoms with van der Waals surface area (Å²) >= 11 is 0. The summed E-state index contributed by atoms with van der Waals surface area (Å²) in [6.45, 7) is -0.518. The lowest BCUT2D eigenvalue weighted by Crippen LogP contribution is -2.36. The smallest absolute Gasteiger partial charge is 0.410 e. The Morgan fingerprint density at radius 3 is 2.65 bits per heavy atom. The van der Waals surface area contributed by atoms with Gasteiger partial charge in [0.25, 0.3) is 0 Å². The van der Waals surface area contributed by atoms with Crippen LogP contribution < -0.4 is 11.0 Å². The summed E-state index contributed by atoms with van der Waals surface area (Å²) in [7, 11) is 0. The zero-order valence-electron chi connectivity index (χ0n) is 10.1. The Morgan fingerprint density at radius 2 is 2.15 bits per heavy atom. The second kappa shape index (κ2) is 5.54. The fourth-order valence-corrected chi connectivity index (χ4v) is 1.90. The monoisotopic (exact) mass is 287 g/mol. The maximum Gasteiger partial charge on any atom is 0.410 e. The van der Waals surface area contributed by atoms with Crippen LogP contribution in [0.4, 0.5) is 10.6 Å². The first-order valence-electron chi connectivity index (χ1n) is 5.65. The molecule has 0 spiro atoms. The van der Waals surface area contributed by atoms with E-state index in [-0.39, 0.29) is 5.82 Å². The number of hydrogen-bond donors (Lipinski definition) is 5. The molecule has 1 aliphatic rings. The minimum atomic E-state index is -1.41. The van der Waals surface area contributed by atoms with Gasteiger partial charge in [0.2, 0.25) is 0 Å². The molecule has 1 saturated heterocycles. The lowest BCUT2D eigenvalue weighted by Gasteiger charge is -2.17. The first kappa shape index (κ1) is 14.4. The molecule has 1 amide bonds. The van der Waals surface area contributed by atoms with Gasteiger partial charge in [0, 0.05) is 6.20 Å². The number of ether oxygens (including phenoxy) is 1. The van der Waals surface area contributed by atoms with Crippen LogP contribution >= 0.6 is 0 Å². The van der Waals surface area contributed by atoms with Gasteiger partial charge < -0.3 is 25.2 Å². The Morgan fingerprint density at radius 1 is 1.45 bits per heavy atom. The van der Waals surface area contributed by atoms with Gasteiger partial charge in [-0.3, -0.25) is 9.88 Å². The SMILES string of the molecule is O=C(O)Nc1ccn([C@@H]2O[C@H](CO)C(O)C2O)c(=O)n1. The van der Waals surface area contributed by atoms with Crippen LogP contribution in [-0.2, 0) is 4.74 Å². The number of anilines is 1. The highest BCUT2D eigenvalue weighted by atomic mass is 16.6. The molecular formula is C10H13N3O7. The minimum absolute atomic E-state index is 0.175. The highest BCUT2D eigenvalue weighted by molar-refractivity contribution is 5.81. The first-order chi connectivity index (χ1) is 9.43. The molecule has 2 unspecified atom stereocenters. The molecule has 2 heterocycles. The molecule has 0 aromatic carbocycles. The standard InChI is InChI=1S/C10H13N3O7/c14-3-4-6(15)7(16)8(20-4)13-2-1-5(11-9(13)17)12-10(18)19/h1-2,4,6-8,14-16H,3H2,(H,18,19)(H,11,12,17)/t4-,6?,7?,8-/m1/s1. The third kappa shape index (κ3) is 2.63. The summed E-state index contributed by atoms with van der Waals surface area (Å²) < 4.78 is 6.06. The summed E-state index contributed by atoms with van der Waals surface area (Å²) in [5.41, 5.74) is -0.869. The van der Waals surface area contributed by atoms with Gasteiger partial charge in [-0.15, -0.1) is 0 Å². The third-order valence-corrected chi connectivity index (χ3v) is 2.86. The highest BCUT2D eigenvalue weighted by Gasteiger charge is 2.43. The van der Waals surface area contributed by atoms with Gasteiger partial charge in [0.05, 0.1) is 6.61 Å². The van der Waals surface area contributed by atoms with E-state index >= 15 is 0 Å². The predicted octanol–water partition coefficient (Wildman–Crippen LogP) is -2.06. The number of carboxylic acid groups (broad SMARTS) is 1. The second-order valence-electron chi connectivity index (χ2n) is 4.16. The Hall–Kier alpha value is -2.01. The number of aromatic nitrogens is 2. The van der Waals surface area contributed by atoms with Crippen molar-refractivity contribution < 1.29 is 30.0 Å². The molecule has 1 aromatic heterocycles. The van der Waals surface area contributed by atoms with Crippen molar-refractivity contribution in [2.75, 3.05) is 11.9 Å². The van der Waals surface area contributed by atoms with Gasteiger partial charge in [-0.05, 0) is 6.07 Å². The van der Waals surface area contributed by atoms with E-state index in [1.54, 1.807) is 0 Å². The van der Waals surface area contributed by atoms with E-state index in [2.05, 4.69) is 4.98 Å². The molecule has 1 fully saturated rings. The fourth-order valence-electron chi connectivity index (χ4n) is 1.90. The van der Waals surface area contributed by atoms with Gasteiger partial charge >= 0.3 is 11.8 Å². The lowest BCUT2D eigenvalue weighted by atomic mass is 10.1. The summed E-state index contributed by atoms with van der Waals surface area (Å²) in [4.78, 5) is 25.6. The van der Waals surface area contributed by atoms with Crippen molar-refractivity contribution >= 4 is 11.9 Å². The molecule has 20 heavy (non-hydrogen) atoms. The number of amides is 1. The number of nitrogens with one attached hydrogen (secondary N) is 1. The number of rotatable bonds is 3. The van der Waals surface area contributed by atoms with E-state index in [0.29, 0.717) is 0 Å². The molecule has 0 saturated carbocycles. The van der Waals surface area contributed by atoms with E-state index < -0.39 is 42.9 Å². The number of hydrogen-bond acceptors (Lipinski definition) is 7. The minimum Gasteiger partial charge on any atom is -0.465 e. The van der Waals surface area contributed by atoms with E-state index in [1.165, 1.54) is 12.3 Å². The zero-order chi connectivity index (χ0) is 14.9. The largest absolute Gasteiger partial charge is 0.465 e. The molecule has 5 N–H and O–H groups in total.